The van der Waals surface area contributed by atoms with Crippen LogP contribution in [0.4, 0.5) is 4.79 Å². The second kappa shape index (κ2) is 7.48. The van der Waals surface area contributed by atoms with E-state index in [1.807, 2.05) is 13.8 Å². The predicted octanol–water partition coefficient (Wildman–Crippen LogP) is 0.260. The standard InChI is InChI=1S/C10H18N2O5/c1-3-6(2)5-11-10(17)12-7(9(15)16)4-8(13)14/h6-7H,3-5H2,1-2H3,(H,13,14)(H,15,16)(H2,11,12,17)/t6?,7-/m0/s1. The molecule has 0 aromatic heterocycles. The van der Waals surface area contributed by atoms with Crippen LogP contribution in [0.1, 0.15) is 26.7 Å². The number of nitrogens with one attached hydrogen (secondary N) is 2. The molecule has 0 spiro atoms. The van der Waals surface area contributed by atoms with Gasteiger partial charge in [-0.2, -0.15) is 0 Å². The van der Waals surface area contributed by atoms with Gasteiger partial charge in [0.25, 0.3) is 0 Å². The van der Waals surface area contributed by atoms with Gasteiger partial charge in [-0.1, -0.05) is 20.3 Å². The lowest BCUT2D eigenvalue weighted by Gasteiger charge is -2.15. The number of carboxylic acids is 2. The van der Waals surface area contributed by atoms with E-state index in [1.165, 1.54) is 0 Å². The first-order valence-electron chi connectivity index (χ1n) is 5.35. The summed E-state index contributed by atoms with van der Waals surface area (Å²) in [6, 6.07) is -2.08. The number of hydrogen-bond acceptors (Lipinski definition) is 3. The molecule has 4 N–H and O–H groups in total. The van der Waals surface area contributed by atoms with E-state index in [1.54, 1.807) is 0 Å². The normalized spacial score (nSPS) is 13.5. The Labute approximate surface area is 99.2 Å². The molecule has 2 atom stereocenters. The van der Waals surface area contributed by atoms with Gasteiger partial charge >= 0.3 is 18.0 Å². The largest absolute Gasteiger partial charge is 0.481 e. The highest BCUT2D eigenvalue weighted by Gasteiger charge is 2.22. The fourth-order valence-electron chi connectivity index (χ4n) is 0.995. The van der Waals surface area contributed by atoms with Crippen molar-refractivity contribution in [3.8, 4) is 0 Å². The second-order valence-electron chi connectivity index (χ2n) is 3.86. The van der Waals surface area contributed by atoms with E-state index in [4.69, 9.17) is 10.2 Å². The van der Waals surface area contributed by atoms with Crippen molar-refractivity contribution in [3.05, 3.63) is 0 Å². The topological polar surface area (TPSA) is 116 Å². The molecule has 1 unspecified atom stereocenters. The molecule has 7 nitrogen and oxygen atoms in total. The van der Waals surface area contributed by atoms with Crippen LogP contribution in [0.5, 0.6) is 0 Å². The van der Waals surface area contributed by atoms with Crippen molar-refractivity contribution in [3.63, 3.8) is 0 Å². The van der Waals surface area contributed by atoms with Crippen molar-refractivity contribution in [2.75, 3.05) is 6.54 Å². The molecule has 0 heterocycles. The smallest absolute Gasteiger partial charge is 0.326 e. The van der Waals surface area contributed by atoms with Gasteiger partial charge in [-0.15, -0.1) is 0 Å². The van der Waals surface area contributed by atoms with Crippen LogP contribution < -0.4 is 10.6 Å². The third kappa shape index (κ3) is 7.15. The first kappa shape index (κ1) is 15.2. The number of amides is 2. The molecule has 0 aliphatic heterocycles. The van der Waals surface area contributed by atoms with Gasteiger partial charge < -0.3 is 20.8 Å². The maximum absolute atomic E-state index is 11.3. The minimum absolute atomic E-state index is 0.281. The zero-order valence-corrected chi connectivity index (χ0v) is 9.90. The zero-order valence-electron chi connectivity index (χ0n) is 9.90. The van der Waals surface area contributed by atoms with Crippen molar-refractivity contribution in [1.29, 1.82) is 0 Å². The summed E-state index contributed by atoms with van der Waals surface area (Å²) >= 11 is 0. The van der Waals surface area contributed by atoms with Gasteiger partial charge in [-0.3, -0.25) is 4.79 Å². The minimum atomic E-state index is -1.41. The number of urea groups is 1. The first-order valence-corrected chi connectivity index (χ1v) is 5.35. The molecule has 0 bridgehead atoms. The molecule has 0 aliphatic carbocycles. The van der Waals surface area contributed by atoms with Gasteiger partial charge in [0.2, 0.25) is 0 Å². The quantitative estimate of drug-likeness (QED) is 0.514. The average molecular weight is 246 g/mol. The van der Waals surface area contributed by atoms with Crippen LogP contribution in [0.15, 0.2) is 0 Å². The van der Waals surface area contributed by atoms with Crippen LogP contribution in [0.2, 0.25) is 0 Å². The Balaban J connectivity index is 4.13. The highest BCUT2D eigenvalue weighted by Crippen LogP contribution is 1.97. The van der Waals surface area contributed by atoms with Crippen molar-refractivity contribution in [2.45, 2.75) is 32.7 Å². The van der Waals surface area contributed by atoms with E-state index < -0.39 is 30.4 Å². The molecule has 0 saturated heterocycles. The van der Waals surface area contributed by atoms with E-state index in [0.29, 0.717) is 6.54 Å². The Bertz CT molecular complexity index is 292. The summed E-state index contributed by atoms with van der Waals surface area (Å²) in [7, 11) is 0. The lowest BCUT2D eigenvalue weighted by atomic mass is 10.1. The number of carbonyl (C=O) groups excluding carboxylic acids is 1. The van der Waals surface area contributed by atoms with E-state index >= 15 is 0 Å². The minimum Gasteiger partial charge on any atom is -0.481 e. The third-order valence-corrected chi connectivity index (χ3v) is 2.29. The Morgan fingerprint density at radius 2 is 1.82 bits per heavy atom. The molecule has 0 aromatic rings. The van der Waals surface area contributed by atoms with Gasteiger partial charge in [-0.25, -0.2) is 9.59 Å². The van der Waals surface area contributed by atoms with E-state index in [2.05, 4.69) is 10.6 Å². The van der Waals surface area contributed by atoms with E-state index in [9.17, 15) is 14.4 Å². The molecule has 98 valence electrons. The van der Waals surface area contributed by atoms with Gasteiger partial charge in [0.15, 0.2) is 0 Å². The summed E-state index contributed by atoms with van der Waals surface area (Å²) in [5.41, 5.74) is 0. The zero-order chi connectivity index (χ0) is 13.4. The molecule has 0 rings (SSSR count). The molecule has 0 fully saturated rings. The van der Waals surface area contributed by atoms with Crippen LogP contribution in [-0.4, -0.2) is 40.8 Å². The molecule has 0 saturated carbocycles. The summed E-state index contributed by atoms with van der Waals surface area (Å²) in [5.74, 6) is -2.37. The number of carboxylic acid groups (broad SMARTS) is 2. The second-order valence-corrected chi connectivity index (χ2v) is 3.86. The summed E-state index contributed by atoms with van der Waals surface area (Å²) < 4.78 is 0. The molecular weight excluding hydrogens is 228 g/mol. The van der Waals surface area contributed by atoms with E-state index in [0.717, 1.165) is 6.42 Å². The fourth-order valence-corrected chi connectivity index (χ4v) is 0.995. The molecule has 7 heteroatoms. The summed E-state index contributed by atoms with van der Waals surface area (Å²) in [5, 5.41) is 21.7. The monoisotopic (exact) mass is 246 g/mol. The third-order valence-electron chi connectivity index (χ3n) is 2.29. The molecular formula is C10H18N2O5. The van der Waals surface area contributed by atoms with Gasteiger partial charge in [-0.05, 0) is 5.92 Å². The van der Waals surface area contributed by atoms with Crippen LogP contribution >= 0.6 is 0 Å². The SMILES string of the molecule is CCC(C)CNC(=O)N[C@@H](CC(=O)O)C(=O)O. The average Bonchev–Trinajstić information content (AvgIpc) is 2.24. The van der Waals surface area contributed by atoms with Gasteiger partial charge in [0, 0.05) is 6.54 Å². The summed E-state index contributed by atoms with van der Waals surface area (Å²) in [4.78, 5) is 32.3. The molecule has 0 radical (unpaired) electrons. The maximum Gasteiger partial charge on any atom is 0.326 e. The number of aliphatic carboxylic acids is 2. The van der Waals surface area contributed by atoms with Gasteiger partial charge in [0.1, 0.15) is 6.04 Å². The molecule has 17 heavy (non-hydrogen) atoms. The highest BCUT2D eigenvalue weighted by atomic mass is 16.4. The highest BCUT2D eigenvalue weighted by molar-refractivity contribution is 5.86. The van der Waals surface area contributed by atoms with Crippen molar-refractivity contribution < 1.29 is 24.6 Å². The molecule has 0 aromatic carbocycles. The fraction of sp³-hybridized carbons (Fsp3) is 0.700. The van der Waals surface area contributed by atoms with Crippen molar-refractivity contribution in [1.82, 2.24) is 10.6 Å². The molecule has 0 aliphatic rings. The Hall–Kier alpha value is -1.79. The number of hydrogen-bond donors (Lipinski definition) is 4. The van der Waals surface area contributed by atoms with Crippen LogP contribution in [0.3, 0.4) is 0 Å². The van der Waals surface area contributed by atoms with Crippen LogP contribution in [0.25, 0.3) is 0 Å². The number of rotatable bonds is 7. The van der Waals surface area contributed by atoms with Crippen molar-refractivity contribution >= 4 is 18.0 Å². The van der Waals surface area contributed by atoms with Crippen LogP contribution in [0, 0.1) is 5.92 Å². The van der Waals surface area contributed by atoms with Crippen LogP contribution in [-0.2, 0) is 9.59 Å². The lowest BCUT2D eigenvalue weighted by molar-refractivity contribution is -0.145. The van der Waals surface area contributed by atoms with E-state index in [-0.39, 0.29) is 5.92 Å². The first-order chi connectivity index (χ1) is 7.86. The lowest BCUT2D eigenvalue weighted by Crippen LogP contribution is -2.47. The maximum atomic E-state index is 11.3. The summed E-state index contributed by atoms with van der Waals surface area (Å²) in [6.45, 7) is 4.32. The Morgan fingerprint density at radius 1 is 1.24 bits per heavy atom. The number of carbonyl (C=O) groups is 3. The Morgan fingerprint density at radius 3 is 2.24 bits per heavy atom. The molecule has 2 amide bonds. The summed E-state index contributed by atoms with van der Waals surface area (Å²) in [6.07, 6.45) is 0.240. The van der Waals surface area contributed by atoms with Gasteiger partial charge in [0.05, 0.1) is 6.42 Å². The Kier molecular flexibility index (Phi) is 6.69. The van der Waals surface area contributed by atoms with Crippen molar-refractivity contribution in [2.24, 2.45) is 5.92 Å². The predicted molar refractivity (Wildman–Crippen MR) is 59.7 cm³/mol.